The number of hydrogen-bond acceptors (Lipinski definition) is 10. The van der Waals surface area contributed by atoms with Gasteiger partial charge in [-0.1, -0.05) is 35.3 Å². The maximum absolute atomic E-state index is 13.0. The number of aromatic nitrogens is 6. The van der Waals surface area contributed by atoms with E-state index in [0.717, 1.165) is 0 Å². The molecule has 0 fully saturated rings. The molecule has 0 saturated carbocycles. The highest BCUT2D eigenvalue weighted by Gasteiger charge is 2.17. The van der Waals surface area contributed by atoms with Crippen LogP contribution in [0.15, 0.2) is 109 Å². The van der Waals surface area contributed by atoms with Crippen molar-refractivity contribution in [2.24, 2.45) is 0 Å². The maximum atomic E-state index is 13.0. The lowest BCUT2D eigenvalue weighted by Crippen LogP contribution is -2.10. The molecule has 0 radical (unpaired) electrons. The number of fused-ring (bicyclic) bond motifs is 3. The van der Waals surface area contributed by atoms with Gasteiger partial charge in [0, 0.05) is 22.2 Å². The minimum absolute atomic E-state index is 0.118. The Hall–Kier alpha value is -6.50. The number of carbonyl (C=O) groups excluding carboxylic acids is 2. The van der Waals surface area contributed by atoms with Crippen LogP contribution in [0.25, 0.3) is 44.2 Å². The first-order valence-corrected chi connectivity index (χ1v) is 15.6. The lowest BCUT2D eigenvalue weighted by Gasteiger charge is -2.09. The molecule has 2 heterocycles. The summed E-state index contributed by atoms with van der Waals surface area (Å²) in [6, 6.07) is 28.6. The van der Waals surface area contributed by atoms with Crippen molar-refractivity contribution in [3.8, 4) is 34.4 Å². The largest absolute Gasteiger partial charge is 0.505 e. The van der Waals surface area contributed by atoms with Crippen molar-refractivity contribution in [1.29, 1.82) is 0 Å². The molecule has 12 nitrogen and oxygen atoms in total. The quantitative estimate of drug-likeness (QED) is 0.132. The van der Waals surface area contributed by atoms with Gasteiger partial charge in [-0.15, -0.1) is 30.0 Å². The first kappa shape index (κ1) is 30.8. The van der Waals surface area contributed by atoms with E-state index in [0.29, 0.717) is 42.9 Å². The van der Waals surface area contributed by atoms with E-state index in [1.807, 2.05) is 0 Å². The molecule has 0 amide bonds. The summed E-state index contributed by atoms with van der Waals surface area (Å²) in [4.78, 5) is 28.5. The third-order valence-electron chi connectivity index (χ3n) is 7.74. The second-order valence-electron chi connectivity index (χ2n) is 11.1. The molecule has 0 aliphatic heterocycles. The zero-order chi connectivity index (χ0) is 34.5. The van der Waals surface area contributed by atoms with Crippen LogP contribution in [0.1, 0.15) is 20.7 Å². The number of rotatable bonds is 6. The first-order chi connectivity index (χ1) is 24.2. The number of halogens is 2. The third kappa shape index (κ3) is 5.89. The fourth-order valence-corrected chi connectivity index (χ4v) is 5.63. The highest BCUT2D eigenvalue weighted by atomic mass is 35.5. The minimum Gasteiger partial charge on any atom is -0.505 e. The van der Waals surface area contributed by atoms with E-state index in [4.69, 9.17) is 32.7 Å². The van der Waals surface area contributed by atoms with Crippen LogP contribution in [0.3, 0.4) is 0 Å². The molecule has 0 saturated heterocycles. The van der Waals surface area contributed by atoms with Crippen molar-refractivity contribution in [3.05, 3.63) is 130 Å². The Morgan fingerprint density at radius 3 is 1.34 bits per heavy atom. The molecule has 244 valence electrons. The molecule has 0 aliphatic carbocycles. The summed E-state index contributed by atoms with van der Waals surface area (Å²) in [7, 11) is 0. The summed E-state index contributed by atoms with van der Waals surface area (Å²) < 4.78 is 11.0. The van der Waals surface area contributed by atoms with Gasteiger partial charge in [0.15, 0.2) is 0 Å². The molecular weight excluding hydrogens is 683 g/mol. The van der Waals surface area contributed by atoms with Crippen molar-refractivity contribution in [2.45, 2.75) is 0 Å². The smallest absolute Gasteiger partial charge is 0.343 e. The van der Waals surface area contributed by atoms with E-state index in [1.165, 1.54) is 46.0 Å². The van der Waals surface area contributed by atoms with Crippen molar-refractivity contribution < 1.29 is 29.3 Å². The fourth-order valence-electron chi connectivity index (χ4n) is 5.29. The fraction of sp³-hybridized carbons (Fsp3) is 0. The van der Waals surface area contributed by atoms with Crippen molar-refractivity contribution in [3.63, 3.8) is 0 Å². The molecule has 50 heavy (non-hydrogen) atoms. The van der Waals surface area contributed by atoms with Gasteiger partial charge in [-0.3, -0.25) is 0 Å². The average molecular weight is 703 g/mol. The Morgan fingerprint density at radius 2 is 0.920 bits per heavy atom. The highest BCUT2D eigenvalue weighted by molar-refractivity contribution is 6.31. The summed E-state index contributed by atoms with van der Waals surface area (Å²) in [6.45, 7) is 0. The molecule has 6 aromatic carbocycles. The monoisotopic (exact) mass is 702 g/mol. The molecule has 0 unspecified atom stereocenters. The Bertz CT molecular complexity index is 2490. The van der Waals surface area contributed by atoms with E-state index in [2.05, 4.69) is 20.4 Å². The number of esters is 2. The number of ether oxygens (including phenoxy) is 2. The normalized spacial score (nSPS) is 11.3. The van der Waals surface area contributed by atoms with Crippen LogP contribution in [0, 0.1) is 0 Å². The molecule has 14 heteroatoms. The van der Waals surface area contributed by atoms with Gasteiger partial charge in [0.1, 0.15) is 56.4 Å². The van der Waals surface area contributed by atoms with E-state index >= 15 is 0 Å². The number of hydrogen-bond donors (Lipinski definition) is 2. The number of benzene rings is 6. The van der Waals surface area contributed by atoms with Gasteiger partial charge in [0.25, 0.3) is 0 Å². The van der Waals surface area contributed by atoms with Crippen LogP contribution >= 0.6 is 23.2 Å². The summed E-state index contributed by atoms with van der Waals surface area (Å²) in [5, 5.41) is 41.0. The maximum Gasteiger partial charge on any atom is 0.343 e. The van der Waals surface area contributed by atoms with Gasteiger partial charge in [-0.2, -0.15) is 0 Å². The number of aromatic hydroxyl groups is 2. The van der Waals surface area contributed by atoms with Crippen molar-refractivity contribution in [2.75, 3.05) is 0 Å². The van der Waals surface area contributed by atoms with Crippen molar-refractivity contribution in [1.82, 2.24) is 30.0 Å². The number of phenolic OH excluding ortho intramolecular Hbond substituents is 2. The Morgan fingerprint density at radius 1 is 0.500 bits per heavy atom. The number of phenols is 2. The van der Waals surface area contributed by atoms with Crippen LogP contribution in [-0.2, 0) is 0 Å². The predicted octanol–water partition coefficient (Wildman–Crippen LogP) is 7.46. The average Bonchev–Trinajstić information content (AvgIpc) is 3.71. The van der Waals surface area contributed by atoms with Crippen LogP contribution in [0.2, 0.25) is 10.0 Å². The molecule has 0 atom stereocenters. The molecule has 0 aliphatic rings. The highest BCUT2D eigenvalue weighted by Crippen LogP contribution is 2.30. The molecular formula is C36H20Cl2N6O6. The molecule has 8 rings (SSSR count). The lowest BCUT2D eigenvalue weighted by molar-refractivity contribution is 0.0724. The van der Waals surface area contributed by atoms with E-state index in [-0.39, 0.29) is 45.5 Å². The van der Waals surface area contributed by atoms with E-state index < -0.39 is 11.9 Å². The number of nitrogens with zero attached hydrogens (tertiary/aromatic N) is 6. The second-order valence-corrected chi connectivity index (χ2v) is 12.0. The topological polar surface area (TPSA) is 154 Å². The van der Waals surface area contributed by atoms with Crippen LogP contribution in [0.4, 0.5) is 0 Å². The van der Waals surface area contributed by atoms with Crippen molar-refractivity contribution >= 4 is 68.0 Å². The molecule has 0 spiro atoms. The summed E-state index contributed by atoms with van der Waals surface area (Å²) in [5.41, 5.74) is 3.40. The summed E-state index contributed by atoms with van der Waals surface area (Å²) in [5.74, 6) is -1.45. The first-order valence-electron chi connectivity index (χ1n) is 14.9. The van der Waals surface area contributed by atoms with E-state index in [1.54, 1.807) is 72.8 Å². The molecule has 2 aromatic heterocycles. The Balaban J connectivity index is 0.947. The lowest BCUT2D eigenvalue weighted by atomic mass is 10.0. The zero-order valence-corrected chi connectivity index (χ0v) is 26.9. The summed E-state index contributed by atoms with van der Waals surface area (Å²) >= 11 is 12.1. The Kier molecular flexibility index (Phi) is 7.51. The SMILES string of the molecule is O=C(Oc1ccc(-n2nc3ccc(Cl)cc3n2)c(O)c1)c1ccc2cc(C(=O)Oc3ccc(-n4nc5ccc(Cl)cc5n4)c(O)c3)ccc2c1. The van der Waals surface area contributed by atoms with Gasteiger partial charge in [0.05, 0.1) is 11.1 Å². The summed E-state index contributed by atoms with van der Waals surface area (Å²) in [6.07, 6.45) is 0. The molecule has 2 N–H and O–H groups in total. The minimum atomic E-state index is -0.648. The zero-order valence-electron chi connectivity index (χ0n) is 25.4. The van der Waals surface area contributed by atoms with Gasteiger partial charge in [-0.05, 0) is 95.7 Å². The standard InChI is InChI=1S/C36H20Cl2N6O6/c37-23-5-9-27-29(15-23)41-43(39-27)31-11-7-25(17-33(31)45)49-35(47)21-3-1-19-13-22(4-2-20(19)14-21)36(48)50-26-8-12-32(34(46)18-26)44-40-28-10-6-24(38)16-30(28)42-44/h1-18,45-46H. The van der Waals surface area contributed by atoms with Gasteiger partial charge < -0.3 is 19.7 Å². The molecule has 0 bridgehead atoms. The Labute approximate surface area is 291 Å². The van der Waals surface area contributed by atoms with Gasteiger partial charge in [-0.25, -0.2) is 9.59 Å². The predicted molar refractivity (Wildman–Crippen MR) is 185 cm³/mol. The second kappa shape index (κ2) is 12.2. The van der Waals surface area contributed by atoms with E-state index in [9.17, 15) is 19.8 Å². The third-order valence-corrected chi connectivity index (χ3v) is 8.21. The number of carbonyl (C=O) groups is 2. The van der Waals surface area contributed by atoms with Crippen LogP contribution in [0.5, 0.6) is 23.0 Å². The van der Waals surface area contributed by atoms with Crippen LogP contribution in [-0.4, -0.2) is 52.1 Å². The van der Waals surface area contributed by atoms with Gasteiger partial charge in [0.2, 0.25) is 0 Å². The van der Waals surface area contributed by atoms with Gasteiger partial charge >= 0.3 is 11.9 Å². The molecule has 8 aromatic rings. The van der Waals surface area contributed by atoms with Crippen LogP contribution < -0.4 is 9.47 Å².